The Morgan fingerprint density at radius 3 is 2.61 bits per heavy atom. The van der Waals surface area contributed by atoms with Crippen LogP contribution in [0.1, 0.15) is 40.1 Å². The summed E-state index contributed by atoms with van der Waals surface area (Å²) in [5.41, 5.74) is 6.11. The van der Waals surface area contributed by atoms with Crippen LogP contribution in [0.4, 0.5) is 0 Å². The van der Waals surface area contributed by atoms with Crippen molar-refractivity contribution in [2.75, 3.05) is 13.7 Å². The van der Waals surface area contributed by atoms with E-state index in [0.29, 0.717) is 12.2 Å². The summed E-state index contributed by atoms with van der Waals surface area (Å²) < 4.78 is 7.15. The van der Waals surface area contributed by atoms with E-state index >= 15 is 0 Å². The lowest BCUT2D eigenvalue weighted by Crippen LogP contribution is -2.39. The summed E-state index contributed by atoms with van der Waals surface area (Å²) in [6.45, 7) is 4.82. The van der Waals surface area contributed by atoms with E-state index in [1.165, 1.54) is 11.1 Å². The third-order valence-electron chi connectivity index (χ3n) is 5.60. The van der Waals surface area contributed by atoms with Crippen molar-refractivity contribution in [3.63, 3.8) is 0 Å². The van der Waals surface area contributed by atoms with Crippen LogP contribution in [0.15, 0.2) is 48.5 Å². The zero-order valence-electron chi connectivity index (χ0n) is 16.8. The van der Waals surface area contributed by atoms with Crippen LogP contribution in [0.25, 0.3) is 11.3 Å². The summed E-state index contributed by atoms with van der Waals surface area (Å²) in [5.74, 6) is 0.786. The average molecular weight is 375 g/mol. The van der Waals surface area contributed by atoms with Crippen LogP contribution >= 0.6 is 0 Å². The van der Waals surface area contributed by atoms with Crippen LogP contribution in [0.2, 0.25) is 0 Å². The number of nitrogens with zero attached hydrogens (tertiary/aromatic N) is 3. The quantitative estimate of drug-likeness (QED) is 0.690. The van der Waals surface area contributed by atoms with Gasteiger partial charge in [-0.1, -0.05) is 35.9 Å². The van der Waals surface area contributed by atoms with Gasteiger partial charge in [0.05, 0.1) is 18.8 Å². The molecule has 0 fully saturated rings. The van der Waals surface area contributed by atoms with Crippen molar-refractivity contribution in [1.29, 1.82) is 0 Å². The summed E-state index contributed by atoms with van der Waals surface area (Å²) in [6, 6.07) is 16.3. The maximum Gasteiger partial charge on any atom is 0.274 e. The molecule has 28 heavy (non-hydrogen) atoms. The highest BCUT2D eigenvalue weighted by Crippen LogP contribution is 2.33. The van der Waals surface area contributed by atoms with E-state index in [0.717, 1.165) is 29.0 Å². The highest BCUT2D eigenvalue weighted by molar-refractivity contribution is 5.94. The van der Waals surface area contributed by atoms with Gasteiger partial charge in [-0.15, -0.1) is 0 Å². The average Bonchev–Trinajstić information content (AvgIpc) is 3.10. The van der Waals surface area contributed by atoms with Crippen LogP contribution in [0.5, 0.6) is 5.75 Å². The third-order valence-corrected chi connectivity index (χ3v) is 5.60. The highest BCUT2D eigenvalue weighted by atomic mass is 16.5. The lowest BCUT2D eigenvalue weighted by molar-refractivity contribution is 0.0670. The Morgan fingerprint density at radius 2 is 1.89 bits per heavy atom. The molecule has 5 heteroatoms. The van der Waals surface area contributed by atoms with Gasteiger partial charge in [-0.2, -0.15) is 5.10 Å². The Morgan fingerprint density at radius 1 is 1.14 bits per heavy atom. The topological polar surface area (TPSA) is 47.4 Å². The number of carbonyl (C=O) groups excluding carboxylic acids is 1. The number of aryl methyl sites for hydroxylation is 2. The number of hydrogen-bond donors (Lipinski definition) is 0. The molecule has 1 aromatic heterocycles. The Kier molecular flexibility index (Phi) is 4.67. The lowest BCUT2D eigenvalue weighted by atomic mass is 9.93. The summed E-state index contributed by atoms with van der Waals surface area (Å²) in [6.07, 6.45) is 0.840. The van der Waals surface area contributed by atoms with Gasteiger partial charge in [0, 0.05) is 13.6 Å². The molecule has 1 aliphatic rings. The van der Waals surface area contributed by atoms with Gasteiger partial charge in [0.15, 0.2) is 5.69 Å². The fraction of sp³-hybridized carbons (Fsp3) is 0.304. The first-order chi connectivity index (χ1) is 13.5. The summed E-state index contributed by atoms with van der Waals surface area (Å²) in [7, 11) is 3.55. The molecule has 2 heterocycles. The van der Waals surface area contributed by atoms with Gasteiger partial charge in [-0.25, -0.2) is 0 Å². The SMILES string of the molecule is COc1ccc2c(c1)C(C)N(C(=O)c1cc(-c3ccc(C)cc3)n(C)n1)CC2. The van der Waals surface area contributed by atoms with Gasteiger partial charge in [-0.3, -0.25) is 9.48 Å². The summed E-state index contributed by atoms with van der Waals surface area (Å²) in [5, 5.41) is 4.51. The molecule has 2 aromatic carbocycles. The minimum absolute atomic E-state index is 0.0174. The Bertz CT molecular complexity index is 1020. The van der Waals surface area contributed by atoms with Crippen LogP contribution in [-0.2, 0) is 13.5 Å². The first-order valence-electron chi connectivity index (χ1n) is 9.57. The van der Waals surface area contributed by atoms with E-state index in [9.17, 15) is 4.79 Å². The molecular weight excluding hydrogens is 350 g/mol. The van der Waals surface area contributed by atoms with Gasteiger partial charge >= 0.3 is 0 Å². The van der Waals surface area contributed by atoms with Crippen LogP contribution in [-0.4, -0.2) is 34.2 Å². The van der Waals surface area contributed by atoms with E-state index in [1.807, 2.05) is 30.1 Å². The van der Waals surface area contributed by atoms with E-state index in [-0.39, 0.29) is 11.9 Å². The van der Waals surface area contributed by atoms with Crippen molar-refractivity contribution in [2.45, 2.75) is 26.3 Å². The molecule has 1 aliphatic heterocycles. The molecule has 144 valence electrons. The van der Waals surface area contributed by atoms with Gasteiger partial charge < -0.3 is 9.64 Å². The Balaban J connectivity index is 1.63. The summed E-state index contributed by atoms with van der Waals surface area (Å²) >= 11 is 0. The number of benzene rings is 2. The molecule has 0 saturated heterocycles. The fourth-order valence-corrected chi connectivity index (χ4v) is 3.91. The monoisotopic (exact) mass is 375 g/mol. The lowest BCUT2D eigenvalue weighted by Gasteiger charge is -2.35. The molecule has 0 N–H and O–H groups in total. The minimum atomic E-state index is -0.0325. The van der Waals surface area contributed by atoms with Crippen molar-refractivity contribution < 1.29 is 9.53 Å². The maximum absolute atomic E-state index is 13.2. The molecule has 1 unspecified atom stereocenters. The van der Waals surface area contributed by atoms with Crippen LogP contribution in [0, 0.1) is 6.92 Å². The zero-order valence-corrected chi connectivity index (χ0v) is 16.8. The molecule has 0 aliphatic carbocycles. The molecule has 0 radical (unpaired) electrons. The predicted molar refractivity (Wildman–Crippen MR) is 110 cm³/mol. The predicted octanol–water partition coefficient (Wildman–Crippen LogP) is 4.16. The van der Waals surface area contributed by atoms with Crippen LogP contribution in [0.3, 0.4) is 0 Å². The van der Waals surface area contributed by atoms with Gasteiger partial charge in [-0.05, 0) is 55.2 Å². The van der Waals surface area contributed by atoms with Gasteiger partial charge in [0.1, 0.15) is 5.75 Å². The molecule has 0 spiro atoms. The highest BCUT2D eigenvalue weighted by Gasteiger charge is 2.30. The number of amides is 1. The van der Waals surface area contributed by atoms with Crippen molar-refractivity contribution in [3.8, 4) is 17.0 Å². The fourth-order valence-electron chi connectivity index (χ4n) is 3.91. The minimum Gasteiger partial charge on any atom is -0.497 e. The molecule has 3 aromatic rings. The number of rotatable bonds is 3. The third kappa shape index (κ3) is 3.17. The number of ether oxygens (including phenoxy) is 1. The molecule has 5 nitrogen and oxygen atoms in total. The molecule has 1 amide bonds. The van der Waals surface area contributed by atoms with E-state index in [4.69, 9.17) is 4.74 Å². The summed E-state index contributed by atoms with van der Waals surface area (Å²) in [4.78, 5) is 15.2. The second-order valence-corrected chi connectivity index (χ2v) is 7.39. The molecule has 4 rings (SSSR count). The maximum atomic E-state index is 13.2. The number of aromatic nitrogens is 2. The number of carbonyl (C=O) groups is 1. The normalized spacial score (nSPS) is 16.0. The zero-order chi connectivity index (χ0) is 19.8. The second kappa shape index (κ2) is 7.15. The van der Waals surface area contributed by atoms with E-state index < -0.39 is 0 Å². The first kappa shape index (κ1) is 18.3. The number of hydrogen-bond acceptors (Lipinski definition) is 3. The molecular formula is C23H25N3O2. The van der Waals surface area contributed by atoms with Crippen molar-refractivity contribution >= 4 is 5.91 Å². The van der Waals surface area contributed by atoms with E-state index in [2.05, 4.69) is 49.3 Å². The van der Waals surface area contributed by atoms with Crippen LogP contribution < -0.4 is 4.74 Å². The first-order valence-corrected chi connectivity index (χ1v) is 9.57. The molecule has 0 saturated carbocycles. The van der Waals surface area contributed by atoms with Gasteiger partial charge in [0.25, 0.3) is 5.91 Å². The Hall–Kier alpha value is -3.08. The largest absolute Gasteiger partial charge is 0.497 e. The number of fused-ring (bicyclic) bond motifs is 1. The standard InChI is InChI=1S/C23H25N3O2/c1-15-5-7-18(8-6-15)22-14-21(24-25(22)3)23(27)26-12-11-17-9-10-19(28-4)13-20(17)16(26)2/h5-10,13-14,16H,11-12H2,1-4H3. The number of methoxy groups -OCH3 is 1. The van der Waals surface area contributed by atoms with E-state index in [1.54, 1.807) is 11.8 Å². The Labute approximate surface area is 165 Å². The molecule has 1 atom stereocenters. The second-order valence-electron chi connectivity index (χ2n) is 7.39. The smallest absolute Gasteiger partial charge is 0.274 e. The molecule has 0 bridgehead atoms. The van der Waals surface area contributed by atoms with Crippen molar-refractivity contribution in [2.24, 2.45) is 7.05 Å². The van der Waals surface area contributed by atoms with Crippen molar-refractivity contribution in [1.82, 2.24) is 14.7 Å². The van der Waals surface area contributed by atoms with Crippen molar-refractivity contribution in [3.05, 3.63) is 70.9 Å². The van der Waals surface area contributed by atoms with Gasteiger partial charge in [0.2, 0.25) is 0 Å².